The number of hydrogen-bond acceptors (Lipinski definition) is 2. The number of rotatable bonds is 1. The first-order valence-electron chi connectivity index (χ1n) is 3.54. The fourth-order valence-electron chi connectivity index (χ4n) is 1.11. The van der Waals surface area contributed by atoms with Crippen molar-refractivity contribution in [3.63, 3.8) is 0 Å². The van der Waals surface area contributed by atoms with Crippen molar-refractivity contribution in [2.45, 2.75) is 25.4 Å². The highest BCUT2D eigenvalue weighted by Gasteiger charge is 2.09. The molecule has 54 valence electrons. The van der Waals surface area contributed by atoms with E-state index in [9.17, 15) is 0 Å². The van der Waals surface area contributed by atoms with E-state index in [1.165, 1.54) is 0 Å². The summed E-state index contributed by atoms with van der Waals surface area (Å²) in [6.07, 6.45) is 3.83. The van der Waals surface area contributed by atoms with Gasteiger partial charge in [0.2, 0.25) is 0 Å². The first-order valence-corrected chi connectivity index (χ1v) is 3.54. The van der Waals surface area contributed by atoms with Crippen LogP contribution in [0.2, 0.25) is 0 Å². The maximum atomic E-state index is 5.25. The zero-order valence-electron chi connectivity index (χ0n) is 5.93. The molecule has 1 unspecified atom stereocenters. The van der Waals surface area contributed by atoms with Crippen molar-refractivity contribution in [2.75, 3.05) is 20.3 Å². The Morgan fingerprint density at radius 2 is 2.22 bits per heavy atom. The predicted molar refractivity (Wildman–Crippen MR) is 35.5 cm³/mol. The topological polar surface area (TPSA) is 18.5 Å². The van der Waals surface area contributed by atoms with E-state index in [0.717, 1.165) is 32.5 Å². The molecule has 0 saturated carbocycles. The smallest absolute Gasteiger partial charge is 0.0594 e. The van der Waals surface area contributed by atoms with Gasteiger partial charge in [-0.1, -0.05) is 0 Å². The Morgan fingerprint density at radius 1 is 1.33 bits per heavy atom. The highest BCUT2D eigenvalue weighted by atomic mass is 16.5. The van der Waals surface area contributed by atoms with Crippen LogP contribution in [0.25, 0.3) is 0 Å². The lowest BCUT2D eigenvalue weighted by Gasteiger charge is -2.08. The molecule has 1 rings (SSSR count). The van der Waals surface area contributed by atoms with E-state index in [0.29, 0.717) is 6.10 Å². The third-order valence-electron chi connectivity index (χ3n) is 1.73. The molecule has 0 radical (unpaired) electrons. The molecule has 0 amide bonds. The first kappa shape index (κ1) is 7.03. The minimum absolute atomic E-state index is 0.451. The van der Waals surface area contributed by atoms with E-state index < -0.39 is 0 Å². The van der Waals surface area contributed by atoms with Crippen molar-refractivity contribution < 1.29 is 9.47 Å². The van der Waals surface area contributed by atoms with Crippen LogP contribution in [-0.4, -0.2) is 26.4 Å². The maximum Gasteiger partial charge on any atom is 0.0594 e. The fraction of sp³-hybridized carbons (Fsp3) is 1.00. The Hall–Kier alpha value is -0.0800. The Morgan fingerprint density at radius 3 is 3.00 bits per heavy atom. The number of methoxy groups -OCH3 is 1. The van der Waals surface area contributed by atoms with Crippen LogP contribution in [0.5, 0.6) is 0 Å². The van der Waals surface area contributed by atoms with Gasteiger partial charge in [-0.05, 0) is 19.3 Å². The molecule has 1 fully saturated rings. The predicted octanol–water partition coefficient (Wildman–Crippen LogP) is 1.20. The highest BCUT2D eigenvalue weighted by Crippen LogP contribution is 2.09. The third kappa shape index (κ3) is 2.33. The van der Waals surface area contributed by atoms with Crippen LogP contribution in [0.15, 0.2) is 0 Å². The monoisotopic (exact) mass is 130 g/mol. The summed E-state index contributed by atoms with van der Waals surface area (Å²) < 4.78 is 10.4. The van der Waals surface area contributed by atoms with Crippen molar-refractivity contribution in [3.05, 3.63) is 0 Å². The van der Waals surface area contributed by atoms with Crippen LogP contribution in [0.3, 0.4) is 0 Å². The molecule has 1 aliphatic rings. The van der Waals surface area contributed by atoms with Gasteiger partial charge in [0.25, 0.3) is 0 Å². The van der Waals surface area contributed by atoms with Crippen LogP contribution in [-0.2, 0) is 9.47 Å². The summed E-state index contributed by atoms with van der Waals surface area (Å²) in [6.45, 7) is 1.79. The third-order valence-corrected chi connectivity index (χ3v) is 1.73. The molecular weight excluding hydrogens is 116 g/mol. The standard InChI is InChI=1S/C7H14O2/c1-8-7-3-2-5-9-6-4-7/h7H,2-6H2,1H3. The summed E-state index contributed by atoms with van der Waals surface area (Å²) in [5, 5.41) is 0. The summed E-state index contributed by atoms with van der Waals surface area (Å²) >= 11 is 0. The zero-order chi connectivity index (χ0) is 6.53. The van der Waals surface area contributed by atoms with Crippen LogP contribution in [0.4, 0.5) is 0 Å². The average molecular weight is 130 g/mol. The maximum absolute atomic E-state index is 5.25. The van der Waals surface area contributed by atoms with Gasteiger partial charge in [0.1, 0.15) is 0 Å². The van der Waals surface area contributed by atoms with Crippen LogP contribution >= 0.6 is 0 Å². The van der Waals surface area contributed by atoms with Gasteiger partial charge >= 0.3 is 0 Å². The lowest BCUT2D eigenvalue weighted by molar-refractivity contribution is 0.0782. The second-order valence-electron chi connectivity index (χ2n) is 2.40. The minimum Gasteiger partial charge on any atom is -0.381 e. The molecule has 0 aliphatic carbocycles. The summed E-state index contributed by atoms with van der Waals surface area (Å²) in [7, 11) is 1.77. The molecule has 1 aliphatic heterocycles. The molecule has 1 atom stereocenters. The first-order chi connectivity index (χ1) is 4.43. The number of hydrogen-bond donors (Lipinski definition) is 0. The molecule has 0 bridgehead atoms. The molecule has 9 heavy (non-hydrogen) atoms. The van der Waals surface area contributed by atoms with Crippen molar-refractivity contribution in [2.24, 2.45) is 0 Å². The van der Waals surface area contributed by atoms with Gasteiger partial charge in [0.15, 0.2) is 0 Å². The molecule has 0 spiro atoms. The molecule has 2 heteroatoms. The van der Waals surface area contributed by atoms with Gasteiger partial charge in [0, 0.05) is 20.3 Å². The van der Waals surface area contributed by atoms with Gasteiger partial charge < -0.3 is 9.47 Å². The van der Waals surface area contributed by atoms with Gasteiger partial charge in [-0.25, -0.2) is 0 Å². The Kier molecular flexibility index (Phi) is 3.01. The fourth-order valence-corrected chi connectivity index (χ4v) is 1.11. The Labute approximate surface area is 56.2 Å². The molecule has 1 saturated heterocycles. The van der Waals surface area contributed by atoms with E-state index in [-0.39, 0.29) is 0 Å². The normalized spacial score (nSPS) is 29.7. The van der Waals surface area contributed by atoms with E-state index in [2.05, 4.69) is 0 Å². The molecule has 1 heterocycles. The van der Waals surface area contributed by atoms with Gasteiger partial charge in [0.05, 0.1) is 6.10 Å². The molecule has 0 aromatic rings. The summed E-state index contributed by atoms with van der Waals surface area (Å²) in [4.78, 5) is 0. The van der Waals surface area contributed by atoms with E-state index in [1.807, 2.05) is 0 Å². The minimum atomic E-state index is 0.451. The Bertz CT molecular complexity index is 65.3. The van der Waals surface area contributed by atoms with Crippen LogP contribution in [0, 0.1) is 0 Å². The Balaban J connectivity index is 2.18. The molecule has 0 N–H and O–H groups in total. The van der Waals surface area contributed by atoms with E-state index in [4.69, 9.17) is 9.47 Å². The largest absolute Gasteiger partial charge is 0.381 e. The van der Waals surface area contributed by atoms with Gasteiger partial charge in [-0.15, -0.1) is 0 Å². The average Bonchev–Trinajstić information content (AvgIpc) is 2.13. The number of ether oxygens (including phenoxy) is 2. The molecule has 0 aromatic carbocycles. The molecular formula is C7H14O2. The van der Waals surface area contributed by atoms with Crippen LogP contribution in [0.1, 0.15) is 19.3 Å². The summed E-state index contributed by atoms with van der Waals surface area (Å²) in [6, 6.07) is 0. The van der Waals surface area contributed by atoms with Crippen LogP contribution < -0.4 is 0 Å². The van der Waals surface area contributed by atoms with Crippen molar-refractivity contribution in [3.8, 4) is 0 Å². The van der Waals surface area contributed by atoms with Gasteiger partial charge in [-0.2, -0.15) is 0 Å². The lowest BCUT2D eigenvalue weighted by atomic mass is 10.2. The SMILES string of the molecule is COC1CCCOCC1. The second-order valence-corrected chi connectivity index (χ2v) is 2.40. The van der Waals surface area contributed by atoms with E-state index >= 15 is 0 Å². The van der Waals surface area contributed by atoms with Crippen molar-refractivity contribution >= 4 is 0 Å². The lowest BCUT2D eigenvalue weighted by Crippen LogP contribution is -2.09. The van der Waals surface area contributed by atoms with E-state index in [1.54, 1.807) is 7.11 Å². The molecule has 2 nitrogen and oxygen atoms in total. The summed E-state index contributed by atoms with van der Waals surface area (Å²) in [5.41, 5.74) is 0. The van der Waals surface area contributed by atoms with Crippen molar-refractivity contribution in [1.82, 2.24) is 0 Å². The summed E-state index contributed by atoms with van der Waals surface area (Å²) in [5.74, 6) is 0. The van der Waals surface area contributed by atoms with Crippen molar-refractivity contribution in [1.29, 1.82) is 0 Å². The van der Waals surface area contributed by atoms with Gasteiger partial charge in [-0.3, -0.25) is 0 Å². The zero-order valence-corrected chi connectivity index (χ0v) is 5.93. The molecule has 0 aromatic heterocycles. The quantitative estimate of drug-likeness (QED) is 0.531. The second kappa shape index (κ2) is 3.85. The highest BCUT2D eigenvalue weighted by molar-refractivity contribution is 4.60.